The van der Waals surface area contributed by atoms with Crippen LogP contribution in [0, 0.1) is 0 Å². The van der Waals surface area contributed by atoms with Gasteiger partial charge in [0.2, 0.25) is 5.91 Å². The van der Waals surface area contributed by atoms with Crippen molar-refractivity contribution >= 4 is 33.3 Å². The van der Waals surface area contributed by atoms with Gasteiger partial charge in [0.05, 0.1) is 30.4 Å². The summed E-state index contributed by atoms with van der Waals surface area (Å²) in [5.41, 5.74) is 0.895. The first-order chi connectivity index (χ1) is 15.3. The van der Waals surface area contributed by atoms with Crippen molar-refractivity contribution < 1.29 is 27.5 Å². The number of methoxy groups -OCH3 is 2. The third-order valence-corrected chi connectivity index (χ3v) is 6.33. The third-order valence-electron chi connectivity index (χ3n) is 4.55. The highest BCUT2D eigenvalue weighted by Gasteiger charge is 2.27. The van der Waals surface area contributed by atoms with Gasteiger partial charge < -0.3 is 14.8 Å². The molecule has 0 atom stereocenters. The highest BCUT2D eigenvalue weighted by molar-refractivity contribution is 7.92. The first-order valence-electron chi connectivity index (χ1n) is 9.55. The summed E-state index contributed by atoms with van der Waals surface area (Å²) in [7, 11) is -1.27. The standard InChI is InChI=1S/C23H22N2O6S/c1-30-20-13-11-19(12-14-20)25(32(28,29)21-9-4-3-5-10-21)16-22(26)24-18-8-6-7-17(15-18)23(27)31-2/h3-15H,16H2,1-2H3,(H,24,26). The molecule has 0 bridgehead atoms. The van der Waals surface area contributed by atoms with E-state index in [4.69, 9.17) is 4.74 Å². The Hall–Kier alpha value is -3.85. The van der Waals surface area contributed by atoms with Crippen molar-refractivity contribution in [2.45, 2.75) is 4.90 Å². The van der Waals surface area contributed by atoms with Crippen LogP contribution < -0.4 is 14.4 Å². The van der Waals surface area contributed by atoms with E-state index >= 15 is 0 Å². The largest absolute Gasteiger partial charge is 0.497 e. The summed E-state index contributed by atoms with van der Waals surface area (Å²) < 4.78 is 37.5. The fourth-order valence-corrected chi connectivity index (χ4v) is 4.40. The number of carbonyl (C=O) groups is 2. The molecule has 0 aliphatic heterocycles. The molecule has 3 aromatic rings. The van der Waals surface area contributed by atoms with Crippen molar-refractivity contribution in [3.05, 3.63) is 84.4 Å². The monoisotopic (exact) mass is 454 g/mol. The van der Waals surface area contributed by atoms with E-state index in [0.29, 0.717) is 17.1 Å². The van der Waals surface area contributed by atoms with Crippen LogP contribution in [0.4, 0.5) is 11.4 Å². The Balaban J connectivity index is 1.90. The van der Waals surface area contributed by atoms with Crippen molar-refractivity contribution in [1.82, 2.24) is 0 Å². The number of nitrogens with zero attached hydrogens (tertiary/aromatic N) is 1. The maximum Gasteiger partial charge on any atom is 0.337 e. The van der Waals surface area contributed by atoms with Gasteiger partial charge in [-0.15, -0.1) is 0 Å². The molecule has 0 spiro atoms. The maximum absolute atomic E-state index is 13.3. The molecule has 0 aliphatic rings. The Morgan fingerprint density at radius 1 is 0.906 bits per heavy atom. The van der Waals surface area contributed by atoms with Gasteiger partial charge in [0.25, 0.3) is 10.0 Å². The zero-order valence-electron chi connectivity index (χ0n) is 17.5. The smallest absolute Gasteiger partial charge is 0.337 e. The summed E-state index contributed by atoms with van der Waals surface area (Å²) in [6.45, 7) is -0.480. The van der Waals surface area contributed by atoms with Crippen LogP contribution in [0.2, 0.25) is 0 Å². The van der Waals surface area contributed by atoms with Crippen molar-refractivity contribution in [3.63, 3.8) is 0 Å². The fourth-order valence-electron chi connectivity index (χ4n) is 2.96. The predicted molar refractivity (Wildman–Crippen MR) is 120 cm³/mol. The Kier molecular flexibility index (Phi) is 7.11. The van der Waals surface area contributed by atoms with E-state index in [1.807, 2.05) is 0 Å². The van der Waals surface area contributed by atoms with Crippen LogP contribution in [0.1, 0.15) is 10.4 Å². The molecule has 3 aromatic carbocycles. The zero-order chi connectivity index (χ0) is 23.1. The van der Waals surface area contributed by atoms with E-state index < -0.39 is 28.4 Å². The van der Waals surface area contributed by atoms with Gasteiger partial charge in [-0.3, -0.25) is 9.10 Å². The van der Waals surface area contributed by atoms with Crippen LogP contribution in [-0.2, 0) is 19.6 Å². The SMILES string of the molecule is COC(=O)c1cccc(NC(=O)CN(c2ccc(OC)cc2)S(=O)(=O)c2ccccc2)c1. The third kappa shape index (κ3) is 5.25. The average Bonchev–Trinajstić information content (AvgIpc) is 2.82. The number of sulfonamides is 1. The van der Waals surface area contributed by atoms with E-state index in [-0.39, 0.29) is 10.5 Å². The lowest BCUT2D eigenvalue weighted by Gasteiger charge is -2.24. The molecule has 0 fully saturated rings. The highest BCUT2D eigenvalue weighted by atomic mass is 32.2. The first-order valence-corrected chi connectivity index (χ1v) is 11.0. The fraction of sp³-hybridized carbons (Fsp3) is 0.130. The summed E-state index contributed by atoms with van der Waals surface area (Å²) in [5.74, 6) is -0.579. The van der Waals surface area contributed by atoms with Gasteiger partial charge in [-0.05, 0) is 54.6 Å². The normalized spacial score (nSPS) is 10.8. The van der Waals surface area contributed by atoms with Crippen molar-refractivity contribution in [2.75, 3.05) is 30.4 Å². The molecular formula is C23H22N2O6S. The van der Waals surface area contributed by atoms with Gasteiger partial charge in [-0.2, -0.15) is 0 Å². The number of anilines is 2. The average molecular weight is 455 g/mol. The Morgan fingerprint density at radius 3 is 2.22 bits per heavy atom. The minimum absolute atomic E-state index is 0.0521. The lowest BCUT2D eigenvalue weighted by Crippen LogP contribution is -2.38. The summed E-state index contributed by atoms with van der Waals surface area (Å²) in [6.07, 6.45) is 0. The van der Waals surface area contributed by atoms with Crippen molar-refractivity contribution in [1.29, 1.82) is 0 Å². The van der Waals surface area contributed by atoms with Crippen molar-refractivity contribution in [2.24, 2.45) is 0 Å². The van der Waals surface area contributed by atoms with Gasteiger partial charge in [0.15, 0.2) is 0 Å². The summed E-state index contributed by atoms with van der Waals surface area (Å²) >= 11 is 0. The van der Waals surface area contributed by atoms with E-state index in [1.165, 1.54) is 32.4 Å². The first kappa shape index (κ1) is 22.8. The second-order valence-corrected chi connectivity index (χ2v) is 8.51. The molecule has 0 saturated carbocycles. The van der Waals surface area contributed by atoms with Gasteiger partial charge in [0, 0.05) is 5.69 Å². The number of carbonyl (C=O) groups excluding carboxylic acids is 2. The molecule has 0 saturated heterocycles. The van der Waals surface area contributed by atoms with Crippen LogP contribution in [0.5, 0.6) is 5.75 Å². The van der Waals surface area contributed by atoms with Crippen LogP contribution in [-0.4, -0.2) is 41.1 Å². The topological polar surface area (TPSA) is 102 Å². The summed E-state index contributed by atoms with van der Waals surface area (Å²) in [6, 6.07) is 20.4. The number of nitrogens with one attached hydrogen (secondary N) is 1. The number of rotatable bonds is 8. The van der Waals surface area contributed by atoms with E-state index in [2.05, 4.69) is 10.1 Å². The minimum Gasteiger partial charge on any atom is -0.497 e. The number of amides is 1. The van der Waals surface area contributed by atoms with Crippen molar-refractivity contribution in [3.8, 4) is 5.75 Å². The number of hydrogen-bond acceptors (Lipinski definition) is 6. The number of hydrogen-bond donors (Lipinski definition) is 1. The zero-order valence-corrected chi connectivity index (χ0v) is 18.3. The molecule has 0 radical (unpaired) electrons. The highest BCUT2D eigenvalue weighted by Crippen LogP contribution is 2.26. The van der Waals surface area contributed by atoms with E-state index in [1.54, 1.807) is 60.7 Å². The minimum atomic E-state index is -4.03. The molecule has 0 heterocycles. The summed E-state index contributed by atoms with van der Waals surface area (Å²) in [5, 5.41) is 2.63. The maximum atomic E-state index is 13.3. The Bertz CT molecular complexity index is 1190. The summed E-state index contributed by atoms with van der Waals surface area (Å²) in [4.78, 5) is 24.6. The molecule has 8 nitrogen and oxygen atoms in total. The molecule has 1 amide bonds. The Labute approximate surface area is 186 Å². The molecule has 3 rings (SSSR count). The second kappa shape index (κ2) is 9.97. The lowest BCUT2D eigenvalue weighted by atomic mass is 10.2. The molecule has 32 heavy (non-hydrogen) atoms. The van der Waals surface area contributed by atoms with Gasteiger partial charge in [-0.1, -0.05) is 24.3 Å². The molecule has 0 unspecified atom stereocenters. The van der Waals surface area contributed by atoms with Gasteiger partial charge in [-0.25, -0.2) is 13.2 Å². The number of esters is 1. The van der Waals surface area contributed by atoms with Crippen LogP contribution in [0.3, 0.4) is 0 Å². The molecular weight excluding hydrogens is 432 g/mol. The van der Waals surface area contributed by atoms with Crippen LogP contribution >= 0.6 is 0 Å². The lowest BCUT2D eigenvalue weighted by molar-refractivity contribution is -0.114. The molecule has 0 aromatic heterocycles. The predicted octanol–water partition coefficient (Wildman–Crippen LogP) is 3.32. The van der Waals surface area contributed by atoms with E-state index in [9.17, 15) is 18.0 Å². The van der Waals surface area contributed by atoms with Crippen LogP contribution in [0.15, 0.2) is 83.8 Å². The molecule has 0 aliphatic carbocycles. The molecule has 9 heteroatoms. The Morgan fingerprint density at radius 2 is 1.59 bits per heavy atom. The van der Waals surface area contributed by atoms with Crippen LogP contribution in [0.25, 0.3) is 0 Å². The second-order valence-electron chi connectivity index (χ2n) is 6.64. The number of benzene rings is 3. The molecule has 166 valence electrons. The number of ether oxygens (including phenoxy) is 2. The molecule has 1 N–H and O–H groups in total. The van der Waals surface area contributed by atoms with Gasteiger partial charge >= 0.3 is 5.97 Å². The van der Waals surface area contributed by atoms with Gasteiger partial charge in [0.1, 0.15) is 12.3 Å². The van der Waals surface area contributed by atoms with E-state index in [0.717, 1.165) is 4.31 Å². The quantitative estimate of drug-likeness (QED) is 0.524.